The summed E-state index contributed by atoms with van der Waals surface area (Å²) < 4.78 is 5.73. The van der Waals surface area contributed by atoms with E-state index in [0.29, 0.717) is 0 Å². The number of hydrogen-bond donors (Lipinski definition) is 0. The lowest BCUT2D eigenvalue weighted by atomic mass is 10.2. The molecule has 0 unspecified atom stereocenters. The number of hydrogen-bond acceptors (Lipinski definition) is 1. The van der Waals surface area contributed by atoms with Crippen LogP contribution in [0, 0.1) is 0 Å². The molecule has 0 rings (SSSR count). The Morgan fingerprint density at radius 2 is 2.00 bits per heavy atom. The van der Waals surface area contributed by atoms with E-state index in [0.717, 1.165) is 11.9 Å². The van der Waals surface area contributed by atoms with Gasteiger partial charge in [-0.25, -0.2) is 0 Å². The highest BCUT2D eigenvalue weighted by atomic mass is 79.9. The third kappa shape index (κ3) is 10.3. The predicted octanol–water partition coefficient (Wildman–Crippen LogP) is 3.96. The first-order valence-corrected chi connectivity index (χ1v) is 9.34. The van der Waals surface area contributed by atoms with Crippen molar-refractivity contribution in [2.45, 2.75) is 39.4 Å². The maximum Gasteiger partial charge on any atom is 0.184 e. The van der Waals surface area contributed by atoms with Gasteiger partial charge in [-0.1, -0.05) is 27.6 Å². The van der Waals surface area contributed by atoms with Gasteiger partial charge in [-0.15, -0.1) is 0 Å². The molecule has 0 amide bonds. The van der Waals surface area contributed by atoms with Gasteiger partial charge in [-0.2, -0.15) is 0 Å². The summed E-state index contributed by atoms with van der Waals surface area (Å²) in [5, 5.41) is 1.09. The van der Waals surface area contributed by atoms with Crippen LogP contribution in [-0.2, 0) is 4.43 Å². The van der Waals surface area contributed by atoms with E-state index in [4.69, 9.17) is 4.43 Å². The van der Waals surface area contributed by atoms with Crippen LogP contribution in [0.2, 0.25) is 19.6 Å². The maximum absolute atomic E-state index is 5.73. The predicted molar refractivity (Wildman–Crippen MR) is 66.1 cm³/mol. The summed E-state index contributed by atoms with van der Waals surface area (Å²) in [6, 6.07) is 0. The highest BCUT2D eigenvalue weighted by Crippen LogP contribution is 2.07. The summed E-state index contributed by atoms with van der Waals surface area (Å²) in [7, 11) is -1.31. The van der Waals surface area contributed by atoms with Gasteiger partial charge in [-0.05, 0) is 39.4 Å². The topological polar surface area (TPSA) is 9.23 Å². The third-order valence-electron chi connectivity index (χ3n) is 1.65. The Labute approximate surface area is 91.8 Å². The van der Waals surface area contributed by atoms with Crippen LogP contribution in [0.15, 0.2) is 11.6 Å². The van der Waals surface area contributed by atoms with Crippen molar-refractivity contribution in [3.05, 3.63) is 11.6 Å². The Kier molecular flexibility index (Phi) is 7.00. The van der Waals surface area contributed by atoms with E-state index in [1.807, 2.05) is 0 Å². The van der Waals surface area contributed by atoms with Crippen LogP contribution in [0.4, 0.5) is 0 Å². The van der Waals surface area contributed by atoms with Crippen molar-refractivity contribution in [2.24, 2.45) is 0 Å². The van der Waals surface area contributed by atoms with Gasteiger partial charge in [0, 0.05) is 5.33 Å². The minimum absolute atomic E-state index is 0.795. The first-order chi connectivity index (χ1) is 5.95. The first kappa shape index (κ1) is 13.4. The zero-order valence-corrected chi connectivity index (χ0v) is 11.8. The van der Waals surface area contributed by atoms with Gasteiger partial charge in [0.15, 0.2) is 8.32 Å². The van der Waals surface area contributed by atoms with E-state index in [9.17, 15) is 0 Å². The van der Waals surface area contributed by atoms with E-state index in [-0.39, 0.29) is 0 Å². The highest BCUT2D eigenvalue weighted by molar-refractivity contribution is 9.09. The maximum atomic E-state index is 5.73. The van der Waals surface area contributed by atoms with Gasteiger partial charge in [-0.3, -0.25) is 0 Å². The molecule has 0 saturated carbocycles. The molecule has 0 aromatic heterocycles. The van der Waals surface area contributed by atoms with Crippen LogP contribution in [0.1, 0.15) is 19.8 Å². The molecule has 0 aliphatic carbocycles. The van der Waals surface area contributed by atoms with Crippen molar-refractivity contribution in [3.8, 4) is 0 Å². The van der Waals surface area contributed by atoms with Crippen molar-refractivity contribution in [1.29, 1.82) is 0 Å². The molecule has 78 valence electrons. The molecular formula is C10H21BrOSi. The summed E-state index contributed by atoms with van der Waals surface area (Å²) in [5.74, 6) is 0. The molecule has 0 fully saturated rings. The van der Waals surface area contributed by atoms with Gasteiger partial charge in [0.25, 0.3) is 0 Å². The molecule has 0 radical (unpaired) electrons. The fourth-order valence-corrected chi connectivity index (χ4v) is 1.75. The lowest BCUT2D eigenvalue weighted by molar-refractivity contribution is 0.356. The van der Waals surface area contributed by atoms with Crippen LogP contribution in [0.3, 0.4) is 0 Å². The lowest BCUT2D eigenvalue weighted by Crippen LogP contribution is -2.25. The van der Waals surface area contributed by atoms with Crippen molar-refractivity contribution >= 4 is 24.2 Å². The van der Waals surface area contributed by atoms with Gasteiger partial charge < -0.3 is 4.43 Å². The summed E-state index contributed by atoms with van der Waals surface area (Å²) in [6.07, 6.45) is 4.61. The normalized spacial score (nSPS) is 13.5. The van der Waals surface area contributed by atoms with Crippen molar-refractivity contribution in [1.82, 2.24) is 0 Å². The summed E-state index contributed by atoms with van der Waals surface area (Å²) in [6.45, 7) is 9.62. The van der Waals surface area contributed by atoms with Crippen molar-refractivity contribution in [2.75, 3.05) is 11.9 Å². The molecule has 3 heteroatoms. The summed E-state index contributed by atoms with van der Waals surface area (Å²) in [4.78, 5) is 0. The number of halogens is 1. The number of alkyl halides is 1. The van der Waals surface area contributed by atoms with E-state index < -0.39 is 8.32 Å². The Hall–Kier alpha value is 0.397. The number of allylic oxidation sites excluding steroid dienone is 1. The van der Waals surface area contributed by atoms with Gasteiger partial charge in [0.05, 0.1) is 6.61 Å². The largest absolute Gasteiger partial charge is 0.414 e. The molecule has 13 heavy (non-hydrogen) atoms. The van der Waals surface area contributed by atoms with Crippen LogP contribution in [0.5, 0.6) is 0 Å². The fraction of sp³-hybridized carbons (Fsp3) is 0.800. The van der Waals surface area contributed by atoms with Crippen LogP contribution >= 0.6 is 15.9 Å². The van der Waals surface area contributed by atoms with E-state index in [2.05, 4.69) is 48.6 Å². The van der Waals surface area contributed by atoms with E-state index in [1.54, 1.807) is 0 Å². The molecule has 0 aliphatic rings. The second-order valence-electron chi connectivity index (χ2n) is 4.27. The molecule has 0 aromatic carbocycles. The van der Waals surface area contributed by atoms with Gasteiger partial charge in [0.2, 0.25) is 0 Å². The Morgan fingerprint density at radius 3 is 2.46 bits per heavy atom. The molecule has 0 aromatic rings. The molecule has 0 saturated heterocycles. The SMILES string of the molecule is CC(=CCO[Si](C)(C)C)CCCBr. The minimum atomic E-state index is -1.31. The zero-order chi connectivity index (χ0) is 10.3. The minimum Gasteiger partial charge on any atom is -0.414 e. The molecule has 0 bridgehead atoms. The third-order valence-corrected chi connectivity index (χ3v) is 3.25. The highest BCUT2D eigenvalue weighted by Gasteiger charge is 2.12. The first-order valence-electron chi connectivity index (χ1n) is 4.81. The Balaban J connectivity index is 3.59. The molecule has 0 spiro atoms. The van der Waals surface area contributed by atoms with E-state index in [1.165, 1.54) is 18.4 Å². The fourth-order valence-electron chi connectivity index (χ4n) is 0.882. The standard InChI is InChI=1S/C10H21BrOSi/c1-10(6-5-8-11)7-9-12-13(2,3)4/h7H,5-6,8-9H2,1-4H3. The smallest absolute Gasteiger partial charge is 0.184 e. The molecule has 0 aliphatic heterocycles. The average Bonchev–Trinajstić information content (AvgIpc) is 1.98. The van der Waals surface area contributed by atoms with Gasteiger partial charge in [0.1, 0.15) is 0 Å². The second kappa shape index (κ2) is 6.79. The van der Waals surface area contributed by atoms with Crippen LogP contribution < -0.4 is 0 Å². The monoisotopic (exact) mass is 264 g/mol. The quantitative estimate of drug-likeness (QED) is 0.401. The molecule has 0 atom stereocenters. The van der Waals surface area contributed by atoms with E-state index >= 15 is 0 Å². The summed E-state index contributed by atoms with van der Waals surface area (Å²) >= 11 is 3.43. The van der Waals surface area contributed by atoms with Crippen LogP contribution in [0.25, 0.3) is 0 Å². The molecule has 0 heterocycles. The van der Waals surface area contributed by atoms with Gasteiger partial charge >= 0.3 is 0 Å². The molecular weight excluding hydrogens is 244 g/mol. The zero-order valence-electron chi connectivity index (χ0n) is 9.19. The Bertz CT molecular complexity index is 161. The average molecular weight is 265 g/mol. The summed E-state index contributed by atoms with van der Waals surface area (Å²) in [5.41, 5.74) is 1.44. The number of rotatable bonds is 6. The second-order valence-corrected chi connectivity index (χ2v) is 9.57. The molecule has 0 N–H and O–H groups in total. The Morgan fingerprint density at radius 1 is 1.38 bits per heavy atom. The van der Waals surface area contributed by atoms with Crippen LogP contribution in [-0.4, -0.2) is 20.3 Å². The van der Waals surface area contributed by atoms with Crippen molar-refractivity contribution < 1.29 is 4.43 Å². The molecule has 1 nitrogen and oxygen atoms in total. The van der Waals surface area contributed by atoms with Crippen molar-refractivity contribution in [3.63, 3.8) is 0 Å². The lowest BCUT2D eigenvalue weighted by Gasteiger charge is -2.15.